The largest absolute Gasteiger partial charge is 0.317 e. The third kappa shape index (κ3) is 1.85. The van der Waals surface area contributed by atoms with Gasteiger partial charge in [-0.3, -0.25) is 4.79 Å². The van der Waals surface area contributed by atoms with Crippen molar-refractivity contribution < 1.29 is 4.79 Å². The zero-order chi connectivity index (χ0) is 17.2. The van der Waals surface area contributed by atoms with Crippen molar-refractivity contribution in [1.82, 2.24) is 14.5 Å². The lowest BCUT2D eigenvalue weighted by atomic mass is 9.86. The quantitative estimate of drug-likeness (QED) is 0.488. The van der Waals surface area contributed by atoms with Gasteiger partial charge in [0.05, 0.1) is 22.3 Å². The predicted octanol–water partition coefficient (Wildman–Crippen LogP) is 4.36. The van der Waals surface area contributed by atoms with Crippen molar-refractivity contribution in [3.05, 3.63) is 59.7 Å². The number of carbonyl (C=O) groups is 1. The highest BCUT2D eigenvalue weighted by molar-refractivity contribution is 6.04. The van der Waals surface area contributed by atoms with Crippen molar-refractivity contribution in [1.29, 1.82) is 0 Å². The summed E-state index contributed by atoms with van der Waals surface area (Å²) >= 11 is 0. The molecular formula is C21H17N3O. The van der Waals surface area contributed by atoms with E-state index in [1.54, 1.807) is 0 Å². The van der Waals surface area contributed by atoms with Gasteiger partial charge in [0.2, 0.25) is 0 Å². The van der Waals surface area contributed by atoms with Gasteiger partial charge in [-0.15, -0.1) is 0 Å². The standard InChI is InChI=1S/C21H17N3O/c1-21(2)11-13-7-3-4-8-14(13)19-15(12-25)18-20(24(19)21)23-17-10-6-5-9-16(17)22-18/h3-10,12H,11H2,1-2H3. The number of nitrogens with zero attached hydrogens (tertiary/aromatic N) is 3. The molecule has 2 aromatic carbocycles. The molecule has 1 aliphatic heterocycles. The first-order valence-electron chi connectivity index (χ1n) is 8.45. The fraction of sp³-hybridized carbons (Fsp3) is 0.190. The molecule has 4 heteroatoms. The Kier molecular flexibility index (Phi) is 2.73. The number of benzene rings is 2. The van der Waals surface area contributed by atoms with Gasteiger partial charge in [-0.2, -0.15) is 0 Å². The molecule has 0 aliphatic carbocycles. The first kappa shape index (κ1) is 14.3. The number of hydrogen-bond acceptors (Lipinski definition) is 3. The van der Waals surface area contributed by atoms with Gasteiger partial charge in [0, 0.05) is 11.1 Å². The van der Waals surface area contributed by atoms with Gasteiger partial charge in [0.25, 0.3) is 0 Å². The summed E-state index contributed by atoms with van der Waals surface area (Å²) in [6.45, 7) is 4.38. The lowest BCUT2D eigenvalue weighted by molar-refractivity contribution is 0.112. The van der Waals surface area contributed by atoms with Gasteiger partial charge < -0.3 is 4.57 Å². The Balaban J connectivity index is 2.02. The molecular weight excluding hydrogens is 310 g/mol. The van der Waals surface area contributed by atoms with E-state index in [2.05, 4.69) is 36.6 Å². The van der Waals surface area contributed by atoms with Gasteiger partial charge in [-0.25, -0.2) is 9.97 Å². The van der Waals surface area contributed by atoms with Crippen molar-refractivity contribution in [3.63, 3.8) is 0 Å². The highest BCUT2D eigenvalue weighted by Gasteiger charge is 2.35. The average molecular weight is 327 g/mol. The summed E-state index contributed by atoms with van der Waals surface area (Å²) < 4.78 is 2.20. The molecule has 0 saturated carbocycles. The topological polar surface area (TPSA) is 47.8 Å². The Labute approximate surface area is 145 Å². The van der Waals surface area contributed by atoms with Crippen molar-refractivity contribution in [2.75, 3.05) is 0 Å². The molecule has 0 unspecified atom stereocenters. The molecule has 122 valence electrons. The summed E-state index contributed by atoms with van der Waals surface area (Å²) in [5, 5.41) is 0. The highest BCUT2D eigenvalue weighted by atomic mass is 16.1. The fourth-order valence-corrected chi connectivity index (χ4v) is 4.08. The van der Waals surface area contributed by atoms with Gasteiger partial charge in [0.15, 0.2) is 11.9 Å². The Morgan fingerprint density at radius 2 is 1.68 bits per heavy atom. The Morgan fingerprint density at radius 1 is 1.00 bits per heavy atom. The molecule has 0 bridgehead atoms. The molecule has 0 spiro atoms. The van der Waals surface area contributed by atoms with E-state index in [1.807, 2.05) is 30.3 Å². The third-order valence-corrected chi connectivity index (χ3v) is 5.12. The van der Waals surface area contributed by atoms with Crippen LogP contribution in [0.4, 0.5) is 0 Å². The lowest BCUT2D eigenvalue weighted by Crippen LogP contribution is -2.33. The smallest absolute Gasteiger partial charge is 0.161 e. The number of aromatic nitrogens is 3. The van der Waals surface area contributed by atoms with E-state index in [0.29, 0.717) is 11.1 Å². The number of aldehydes is 1. The molecule has 5 rings (SSSR count). The fourth-order valence-electron chi connectivity index (χ4n) is 4.08. The third-order valence-electron chi connectivity index (χ3n) is 5.12. The van der Waals surface area contributed by atoms with Crippen LogP contribution < -0.4 is 0 Å². The molecule has 0 atom stereocenters. The second kappa shape index (κ2) is 4.76. The summed E-state index contributed by atoms with van der Waals surface area (Å²) in [6.07, 6.45) is 1.82. The van der Waals surface area contributed by atoms with Crippen LogP contribution in [0.2, 0.25) is 0 Å². The minimum Gasteiger partial charge on any atom is -0.317 e. The first-order valence-corrected chi connectivity index (χ1v) is 8.45. The molecule has 4 nitrogen and oxygen atoms in total. The highest BCUT2D eigenvalue weighted by Crippen LogP contribution is 2.43. The maximum absolute atomic E-state index is 12.0. The van der Waals surface area contributed by atoms with E-state index >= 15 is 0 Å². The Morgan fingerprint density at radius 3 is 2.44 bits per heavy atom. The summed E-state index contributed by atoms with van der Waals surface area (Å²) in [4.78, 5) is 21.7. The summed E-state index contributed by atoms with van der Waals surface area (Å²) in [7, 11) is 0. The van der Waals surface area contributed by atoms with E-state index in [-0.39, 0.29) is 5.54 Å². The predicted molar refractivity (Wildman–Crippen MR) is 98.9 cm³/mol. The summed E-state index contributed by atoms with van der Waals surface area (Å²) in [6, 6.07) is 16.1. The van der Waals surface area contributed by atoms with Gasteiger partial charge >= 0.3 is 0 Å². The van der Waals surface area contributed by atoms with Crippen LogP contribution in [0, 0.1) is 0 Å². The minimum atomic E-state index is -0.180. The van der Waals surface area contributed by atoms with Gasteiger partial charge in [0.1, 0.15) is 5.52 Å². The molecule has 2 aromatic heterocycles. The maximum atomic E-state index is 12.0. The zero-order valence-electron chi connectivity index (χ0n) is 14.2. The molecule has 25 heavy (non-hydrogen) atoms. The second-order valence-corrected chi connectivity index (χ2v) is 7.25. The molecule has 0 amide bonds. The average Bonchev–Trinajstić information content (AvgIpc) is 2.94. The number of carbonyl (C=O) groups excluding carboxylic acids is 1. The van der Waals surface area contributed by atoms with Crippen LogP contribution >= 0.6 is 0 Å². The number of rotatable bonds is 1. The van der Waals surface area contributed by atoms with E-state index in [4.69, 9.17) is 9.97 Å². The SMILES string of the molecule is CC1(C)Cc2ccccc2-c2c(C=O)c3nc4ccccc4nc3n21. The minimum absolute atomic E-state index is 0.180. The second-order valence-electron chi connectivity index (χ2n) is 7.25. The maximum Gasteiger partial charge on any atom is 0.161 e. The first-order chi connectivity index (χ1) is 12.1. The van der Waals surface area contributed by atoms with Crippen LogP contribution in [0.3, 0.4) is 0 Å². The molecule has 0 N–H and O–H groups in total. The normalized spacial score (nSPS) is 15.1. The Bertz CT molecular complexity index is 1170. The number of fused-ring (bicyclic) bond motifs is 6. The zero-order valence-corrected chi connectivity index (χ0v) is 14.2. The molecule has 0 saturated heterocycles. The lowest BCUT2D eigenvalue weighted by Gasteiger charge is -2.35. The van der Waals surface area contributed by atoms with Crippen molar-refractivity contribution in [3.8, 4) is 11.3 Å². The van der Waals surface area contributed by atoms with Crippen LogP contribution in [-0.2, 0) is 12.0 Å². The number of para-hydroxylation sites is 2. The molecule has 3 heterocycles. The molecule has 1 aliphatic rings. The van der Waals surface area contributed by atoms with E-state index in [1.165, 1.54) is 5.56 Å². The molecule has 0 fully saturated rings. The summed E-state index contributed by atoms with van der Waals surface area (Å²) in [5.41, 5.74) is 6.89. The van der Waals surface area contributed by atoms with Crippen molar-refractivity contribution in [2.45, 2.75) is 25.8 Å². The van der Waals surface area contributed by atoms with Crippen molar-refractivity contribution in [2.24, 2.45) is 0 Å². The van der Waals surface area contributed by atoms with E-state index in [0.717, 1.165) is 40.6 Å². The van der Waals surface area contributed by atoms with Gasteiger partial charge in [-0.1, -0.05) is 36.4 Å². The van der Waals surface area contributed by atoms with Crippen LogP contribution in [0.5, 0.6) is 0 Å². The van der Waals surface area contributed by atoms with E-state index in [9.17, 15) is 4.79 Å². The van der Waals surface area contributed by atoms with E-state index < -0.39 is 0 Å². The Hall–Kier alpha value is -3.01. The molecule has 4 aromatic rings. The number of hydrogen-bond donors (Lipinski definition) is 0. The summed E-state index contributed by atoms with van der Waals surface area (Å²) in [5.74, 6) is 0. The van der Waals surface area contributed by atoms with Crippen molar-refractivity contribution >= 4 is 28.5 Å². The van der Waals surface area contributed by atoms with Crippen LogP contribution in [0.15, 0.2) is 48.5 Å². The van der Waals surface area contributed by atoms with Crippen LogP contribution in [0.25, 0.3) is 33.5 Å². The van der Waals surface area contributed by atoms with Crippen LogP contribution in [0.1, 0.15) is 29.8 Å². The molecule has 0 radical (unpaired) electrons. The van der Waals surface area contributed by atoms with Crippen LogP contribution in [-0.4, -0.2) is 20.8 Å². The van der Waals surface area contributed by atoms with Gasteiger partial charge in [-0.05, 0) is 38.0 Å². The monoisotopic (exact) mass is 327 g/mol.